The highest BCUT2D eigenvalue weighted by Crippen LogP contribution is 2.23. The van der Waals surface area contributed by atoms with Crippen LogP contribution in [-0.2, 0) is 17.6 Å². The number of nitrogens with zero attached hydrogens (tertiary/aromatic N) is 1. The second-order valence-electron chi connectivity index (χ2n) is 6.15. The third-order valence-corrected chi connectivity index (χ3v) is 4.62. The molecule has 0 fully saturated rings. The van der Waals surface area contributed by atoms with Crippen molar-refractivity contribution >= 4 is 17.5 Å². The summed E-state index contributed by atoms with van der Waals surface area (Å²) in [4.78, 5) is 16.8. The average Bonchev–Trinajstić information content (AvgIpc) is 2.69. The van der Waals surface area contributed by atoms with Crippen molar-refractivity contribution in [1.29, 1.82) is 0 Å². The van der Waals surface area contributed by atoms with E-state index in [1.54, 1.807) is 6.20 Å². The van der Waals surface area contributed by atoms with Crippen LogP contribution in [0.15, 0.2) is 79.0 Å². The molecule has 0 radical (unpaired) electrons. The van der Waals surface area contributed by atoms with Gasteiger partial charge in [0.1, 0.15) is 0 Å². The number of benzene rings is 2. The maximum absolute atomic E-state index is 12.5. The van der Waals surface area contributed by atoms with Gasteiger partial charge in [-0.25, -0.2) is 0 Å². The molecule has 0 aliphatic rings. The number of carbonyl (C=O) groups excluding carboxylic acids is 1. The number of hydrogen-bond donors (Lipinski definition) is 1. The number of rotatable bonds is 7. The Morgan fingerprint density at radius 3 is 2.42 bits per heavy atom. The first kappa shape index (κ1) is 18.2. The van der Waals surface area contributed by atoms with E-state index in [1.165, 1.54) is 0 Å². The van der Waals surface area contributed by atoms with Gasteiger partial charge in [0.2, 0.25) is 5.91 Å². The van der Waals surface area contributed by atoms with Gasteiger partial charge in [0, 0.05) is 23.3 Å². The number of aryl methyl sites for hydroxylation is 1. The van der Waals surface area contributed by atoms with Crippen LogP contribution in [-0.4, -0.2) is 10.9 Å². The largest absolute Gasteiger partial charge is 0.349 e. The molecule has 1 heterocycles. The van der Waals surface area contributed by atoms with Crippen LogP contribution in [0.3, 0.4) is 0 Å². The first-order valence-corrected chi connectivity index (χ1v) is 9.08. The molecule has 2 aromatic carbocycles. The lowest BCUT2D eigenvalue weighted by atomic mass is 9.98. The highest BCUT2D eigenvalue weighted by atomic mass is 35.5. The molecule has 1 amide bonds. The highest BCUT2D eigenvalue weighted by molar-refractivity contribution is 6.31. The van der Waals surface area contributed by atoms with Crippen molar-refractivity contribution in [3.05, 3.63) is 101 Å². The van der Waals surface area contributed by atoms with E-state index in [1.807, 2.05) is 72.8 Å². The van der Waals surface area contributed by atoms with Crippen LogP contribution in [0.4, 0.5) is 0 Å². The molecule has 3 aromatic rings. The second-order valence-corrected chi connectivity index (χ2v) is 6.55. The second kappa shape index (κ2) is 9.16. The minimum Gasteiger partial charge on any atom is -0.349 e. The van der Waals surface area contributed by atoms with E-state index in [9.17, 15) is 4.79 Å². The first-order chi connectivity index (χ1) is 12.7. The smallest absolute Gasteiger partial charge is 0.220 e. The Kier molecular flexibility index (Phi) is 6.39. The Labute approximate surface area is 159 Å². The van der Waals surface area contributed by atoms with E-state index in [0.717, 1.165) is 21.8 Å². The molecule has 1 unspecified atom stereocenters. The van der Waals surface area contributed by atoms with Crippen molar-refractivity contribution in [2.24, 2.45) is 0 Å². The Balaban J connectivity index is 1.69. The van der Waals surface area contributed by atoms with Gasteiger partial charge in [-0.05, 0) is 42.2 Å². The normalized spacial score (nSPS) is 11.7. The Bertz CT molecular complexity index is 837. The number of carbonyl (C=O) groups is 1. The molecule has 0 bridgehead atoms. The van der Waals surface area contributed by atoms with Crippen molar-refractivity contribution < 1.29 is 4.79 Å². The lowest BCUT2D eigenvalue weighted by molar-refractivity contribution is -0.121. The SMILES string of the molecule is O=C(CCc1ccccn1)NC(Cc1ccccc1Cl)c1ccccc1. The van der Waals surface area contributed by atoms with Gasteiger partial charge >= 0.3 is 0 Å². The first-order valence-electron chi connectivity index (χ1n) is 8.70. The summed E-state index contributed by atoms with van der Waals surface area (Å²) in [5.74, 6) is 0.0107. The molecule has 4 heteroatoms. The summed E-state index contributed by atoms with van der Waals surface area (Å²) in [6, 6.07) is 23.4. The summed E-state index contributed by atoms with van der Waals surface area (Å²) in [6.07, 6.45) is 3.43. The fraction of sp³-hybridized carbons (Fsp3) is 0.182. The van der Waals surface area contributed by atoms with Gasteiger partial charge in [0.25, 0.3) is 0 Å². The molecule has 1 atom stereocenters. The van der Waals surface area contributed by atoms with E-state index in [0.29, 0.717) is 19.3 Å². The van der Waals surface area contributed by atoms with Gasteiger partial charge in [0.15, 0.2) is 0 Å². The molecule has 3 nitrogen and oxygen atoms in total. The summed E-state index contributed by atoms with van der Waals surface area (Å²) in [5.41, 5.74) is 3.01. The molecule has 26 heavy (non-hydrogen) atoms. The monoisotopic (exact) mass is 364 g/mol. The van der Waals surface area contributed by atoms with Gasteiger partial charge in [-0.15, -0.1) is 0 Å². The van der Waals surface area contributed by atoms with E-state index >= 15 is 0 Å². The number of halogens is 1. The summed E-state index contributed by atoms with van der Waals surface area (Å²) >= 11 is 6.31. The molecule has 0 saturated carbocycles. The van der Waals surface area contributed by atoms with E-state index in [2.05, 4.69) is 10.3 Å². The van der Waals surface area contributed by atoms with Crippen LogP contribution in [0.2, 0.25) is 5.02 Å². The standard InChI is InChI=1S/C22H21ClN2O/c23-20-12-5-4-10-18(20)16-21(17-8-2-1-3-9-17)25-22(26)14-13-19-11-6-7-15-24-19/h1-12,15,21H,13-14,16H2,(H,25,26). The molecular weight excluding hydrogens is 344 g/mol. The Morgan fingerprint density at radius 2 is 1.69 bits per heavy atom. The average molecular weight is 365 g/mol. The molecule has 1 N–H and O–H groups in total. The highest BCUT2D eigenvalue weighted by Gasteiger charge is 2.16. The van der Waals surface area contributed by atoms with Crippen molar-refractivity contribution in [1.82, 2.24) is 10.3 Å². The molecule has 0 spiro atoms. The quantitative estimate of drug-likeness (QED) is 0.656. The predicted octanol–water partition coefficient (Wildman–Crippen LogP) is 4.77. The predicted molar refractivity (Wildman–Crippen MR) is 105 cm³/mol. The van der Waals surface area contributed by atoms with Crippen molar-refractivity contribution in [3.8, 4) is 0 Å². The third kappa shape index (κ3) is 5.17. The Hall–Kier alpha value is -2.65. The van der Waals surface area contributed by atoms with Crippen molar-refractivity contribution in [2.45, 2.75) is 25.3 Å². The molecule has 0 saturated heterocycles. The van der Waals surface area contributed by atoms with E-state index in [-0.39, 0.29) is 11.9 Å². The van der Waals surface area contributed by atoms with Crippen LogP contribution in [0, 0.1) is 0 Å². The van der Waals surface area contributed by atoms with Gasteiger partial charge in [-0.3, -0.25) is 9.78 Å². The molecule has 1 aromatic heterocycles. The zero-order chi connectivity index (χ0) is 18.2. The third-order valence-electron chi connectivity index (χ3n) is 4.25. The maximum Gasteiger partial charge on any atom is 0.220 e. The molecular formula is C22H21ClN2O. The van der Waals surface area contributed by atoms with Crippen LogP contribution in [0.5, 0.6) is 0 Å². The van der Waals surface area contributed by atoms with Crippen molar-refractivity contribution in [2.75, 3.05) is 0 Å². The van der Waals surface area contributed by atoms with Crippen LogP contribution in [0.1, 0.15) is 29.3 Å². The van der Waals surface area contributed by atoms with Gasteiger partial charge in [-0.1, -0.05) is 66.2 Å². The fourth-order valence-electron chi connectivity index (χ4n) is 2.88. The zero-order valence-electron chi connectivity index (χ0n) is 14.4. The summed E-state index contributed by atoms with van der Waals surface area (Å²) in [7, 11) is 0. The number of pyridine rings is 1. The topological polar surface area (TPSA) is 42.0 Å². The fourth-order valence-corrected chi connectivity index (χ4v) is 3.09. The molecule has 0 aliphatic carbocycles. The lowest BCUT2D eigenvalue weighted by Gasteiger charge is -2.20. The number of hydrogen-bond acceptors (Lipinski definition) is 2. The lowest BCUT2D eigenvalue weighted by Crippen LogP contribution is -2.30. The molecule has 132 valence electrons. The molecule has 3 rings (SSSR count). The number of nitrogens with one attached hydrogen (secondary N) is 1. The summed E-state index contributed by atoms with van der Waals surface area (Å²) < 4.78 is 0. The van der Waals surface area contributed by atoms with Gasteiger partial charge in [-0.2, -0.15) is 0 Å². The zero-order valence-corrected chi connectivity index (χ0v) is 15.2. The van der Waals surface area contributed by atoms with Crippen LogP contribution >= 0.6 is 11.6 Å². The number of aromatic nitrogens is 1. The minimum atomic E-state index is -0.118. The summed E-state index contributed by atoms with van der Waals surface area (Å²) in [6.45, 7) is 0. The van der Waals surface area contributed by atoms with Gasteiger partial charge in [0.05, 0.1) is 6.04 Å². The van der Waals surface area contributed by atoms with Gasteiger partial charge < -0.3 is 5.32 Å². The summed E-state index contributed by atoms with van der Waals surface area (Å²) in [5, 5.41) is 3.87. The minimum absolute atomic E-state index is 0.0107. The maximum atomic E-state index is 12.5. The van der Waals surface area contributed by atoms with E-state index in [4.69, 9.17) is 11.6 Å². The Morgan fingerprint density at radius 1 is 0.962 bits per heavy atom. The van der Waals surface area contributed by atoms with E-state index < -0.39 is 0 Å². The van der Waals surface area contributed by atoms with Crippen LogP contribution < -0.4 is 5.32 Å². The van der Waals surface area contributed by atoms with Crippen molar-refractivity contribution in [3.63, 3.8) is 0 Å². The molecule has 0 aliphatic heterocycles. The number of amides is 1. The van der Waals surface area contributed by atoms with Crippen LogP contribution in [0.25, 0.3) is 0 Å².